The second-order valence-electron chi connectivity index (χ2n) is 3.04. The number of hydrogen-bond acceptors (Lipinski definition) is 2. The maximum absolute atomic E-state index is 10.2. The molecule has 0 atom stereocenters. The molecule has 68 valence electrons. The SMILES string of the molecule is CC(C)c1cccc(Cl)c1N=C=O. The van der Waals surface area contributed by atoms with Crippen LogP contribution in [0.2, 0.25) is 5.02 Å². The van der Waals surface area contributed by atoms with Gasteiger partial charge in [0.15, 0.2) is 0 Å². The van der Waals surface area contributed by atoms with Gasteiger partial charge in [-0.3, -0.25) is 0 Å². The van der Waals surface area contributed by atoms with Gasteiger partial charge >= 0.3 is 0 Å². The Labute approximate surface area is 82.3 Å². The Morgan fingerprint density at radius 3 is 2.69 bits per heavy atom. The molecule has 1 aromatic carbocycles. The molecule has 0 fully saturated rings. The molecule has 0 heterocycles. The molecule has 0 aliphatic carbocycles. The summed E-state index contributed by atoms with van der Waals surface area (Å²) < 4.78 is 0. The van der Waals surface area contributed by atoms with E-state index in [1.807, 2.05) is 26.0 Å². The molecule has 1 aromatic rings. The Kier molecular flexibility index (Phi) is 3.24. The van der Waals surface area contributed by atoms with Crippen molar-refractivity contribution in [2.24, 2.45) is 4.99 Å². The fourth-order valence-corrected chi connectivity index (χ4v) is 1.39. The molecule has 0 bridgehead atoms. The standard InChI is InChI=1S/C10H10ClNO/c1-7(2)8-4-3-5-9(11)10(8)12-6-13/h3-5,7H,1-2H3. The summed E-state index contributed by atoms with van der Waals surface area (Å²) in [5.74, 6) is 0.297. The molecule has 1 rings (SSSR count). The first-order valence-corrected chi connectivity index (χ1v) is 4.41. The van der Waals surface area contributed by atoms with E-state index in [9.17, 15) is 4.79 Å². The number of halogens is 1. The number of rotatable bonds is 2. The lowest BCUT2D eigenvalue weighted by Gasteiger charge is -2.08. The van der Waals surface area contributed by atoms with Crippen LogP contribution in [0.4, 0.5) is 5.69 Å². The predicted molar refractivity (Wildman–Crippen MR) is 53.3 cm³/mol. The number of aliphatic imine (C=N–C) groups is 1. The fraction of sp³-hybridized carbons (Fsp3) is 0.300. The summed E-state index contributed by atoms with van der Waals surface area (Å²) in [5.41, 5.74) is 1.50. The molecule has 0 aromatic heterocycles. The number of nitrogens with zero attached hydrogens (tertiary/aromatic N) is 1. The highest BCUT2D eigenvalue weighted by Gasteiger charge is 2.08. The quantitative estimate of drug-likeness (QED) is 0.525. The zero-order valence-electron chi connectivity index (χ0n) is 7.54. The number of carbonyl (C=O) groups excluding carboxylic acids is 1. The molecule has 2 nitrogen and oxygen atoms in total. The van der Waals surface area contributed by atoms with Gasteiger partial charge in [0, 0.05) is 0 Å². The van der Waals surface area contributed by atoms with Gasteiger partial charge in [0.25, 0.3) is 0 Å². The summed E-state index contributed by atoms with van der Waals surface area (Å²) in [6.45, 7) is 4.05. The van der Waals surface area contributed by atoms with Crippen molar-refractivity contribution in [2.75, 3.05) is 0 Å². The Morgan fingerprint density at radius 1 is 1.46 bits per heavy atom. The van der Waals surface area contributed by atoms with Gasteiger partial charge in [0.1, 0.15) is 0 Å². The van der Waals surface area contributed by atoms with Crippen molar-refractivity contribution in [1.82, 2.24) is 0 Å². The van der Waals surface area contributed by atoms with Crippen LogP contribution in [0.3, 0.4) is 0 Å². The lowest BCUT2D eigenvalue weighted by molar-refractivity contribution is 0.565. The first kappa shape index (κ1) is 9.97. The van der Waals surface area contributed by atoms with E-state index in [1.54, 1.807) is 6.07 Å². The van der Waals surface area contributed by atoms with Crippen LogP contribution in [0.15, 0.2) is 23.2 Å². The maximum Gasteiger partial charge on any atom is 0.240 e. The van der Waals surface area contributed by atoms with E-state index in [1.165, 1.54) is 6.08 Å². The summed E-state index contributed by atoms with van der Waals surface area (Å²) in [6.07, 6.45) is 1.51. The Morgan fingerprint density at radius 2 is 2.15 bits per heavy atom. The monoisotopic (exact) mass is 195 g/mol. The molecule has 0 unspecified atom stereocenters. The zero-order valence-corrected chi connectivity index (χ0v) is 8.30. The summed E-state index contributed by atoms with van der Waals surface area (Å²) in [6, 6.07) is 5.47. The van der Waals surface area contributed by atoms with E-state index in [0.29, 0.717) is 16.6 Å². The molecule has 13 heavy (non-hydrogen) atoms. The average Bonchev–Trinajstić information content (AvgIpc) is 2.08. The zero-order chi connectivity index (χ0) is 9.84. The van der Waals surface area contributed by atoms with Crippen molar-refractivity contribution in [1.29, 1.82) is 0 Å². The molecule has 0 saturated carbocycles. The Balaban J connectivity index is 3.33. The molecular formula is C10H10ClNO. The van der Waals surface area contributed by atoms with E-state index in [-0.39, 0.29) is 0 Å². The predicted octanol–water partition coefficient (Wildman–Crippen LogP) is 3.43. The van der Waals surface area contributed by atoms with Crippen LogP contribution in [0.25, 0.3) is 0 Å². The van der Waals surface area contributed by atoms with E-state index in [4.69, 9.17) is 11.6 Å². The van der Waals surface area contributed by atoms with Crippen LogP contribution < -0.4 is 0 Å². The van der Waals surface area contributed by atoms with Crippen molar-refractivity contribution >= 4 is 23.4 Å². The van der Waals surface area contributed by atoms with Crippen molar-refractivity contribution in [3.63, 3.8) is 0 Å². The molecule has 3 heteroatoms. The minimum Gasteiger partial charge on any atom is -0.211 e. The number of para-hydroxylation sites is 1. The third kappa shape index (κ3) is 2.18. The summed E-state index contributed by atoms with van der Waals surface area (Å²) in [7, 11) is 0. The van der Waals surface area contributed by atoms with Crippen LogP contribution in [-0.2, 0) is 4.79 Å². The van der Waals surface area contributed by atoms with Gasteiger partial charge in [-0.2, -0.15) is 4.99 Å². The molecule has 0 N–H and O–H groups in total. The lowest BCUT2D eigenvalue weighted by Crippen LogP contribution is -1.87. The van der Waals surface area contributed by atoms with Crippen molar-refractivity contribution in [2.45, 2.75) is 19.8 Å². The van der Waals surface area contributed by atoms with Gasteiger partial charge in [0.05, 0.1) is 10.7 Å². The number of hydrogen-bond donors (Lipinski definition) is 0. The fourth-order valence-electron chi connectivity index (χ4n) is 1.16. The van der Waals surface area contributed by atoms with E-state index >= 15 is 0 Å². The minimum absolute atomic E-state index is 0.297. The van der Waals surface area contributed by atoms with Gasteiger partial charge < -0.3 is 0 Å². The molecule has 0 aliphatic rings. The summed E-state index contributed by atoms with van der Waals surface area (Å²) in [4.78, 5) is 13.7. The van der Waals surface area contributed by atoms with E-state index < -0.39 is 0 Å². The third-order valence-electron chi connectivity index (χ3n) is 1.80. The van der Waals surface area contributed by atoms with Crippen LogP contribution in [0.5, 0.6) is 0 Å². The van der Waals surface area contributed by atoms with Crippen LogP contribution in [0, 0.1) is 0 Å². The molecule has 0 aliphatic heterocycles. The smallest absolute Gasteiger partial charge is 0.211 e. The molecule has 0 spiro atoms. The topological polar surface area (TPSA) is 29.4 Å². The molecular weight excluding hydrogens is 186 g/mol. The maximum atomic E-state index is 10.2. The van der Waals surface area contributed by atoms with Gasteiger partial charge in [0.2, 0.25) is 6.08 Å². The van der Waals surface area contributed by atoms with Crippen molar-refractivity contribution in [3.8, 4) is 0 Å². The Hall–Kier alpha value is -1.11. The van der Waals surface area contributed by atoms with Gasteiger partial charge in [-0.05, 0) is 17.5 Å². The first-order valence-electron chi connectivity index (χ1n) is 4.03. The van der Waals surface area contributed by atoms with Gasteiger partial charge in [-0.15, -0.1) is 0 Å². The number of benzene rings is 1. The highest BCUT2D eigenvalue weighted by atomic mass is 35.5. The largest absolute Gasteiger partial charge is 0.240 e. The normalized spacial score (nSPS) is 9.85. The highest BCUT2D eigenvalue weighted by Crippen LogP contribution is 2.33. The van der Waals surface area contributed by atoms with Gasteiger partial charge in [-0.1, -0.05) is 37.6 Å². The van der Waals surface area contributed by atoms with Crippen LogP contribution >= 0.6 is 11.6 Å². The molecule has 0 radical (unpaired) electrons. The molecule has 0 amide bonds. The minimum atomic E-state index is 0.297. The van der Waals surface area contributed by atoms with E-state index in [0.717, 1.165) is 5.56 Å². The second kappa shape index (κ2) is 4.22. The third-order valence-corrected chi connectivity index (χ3v) is 2.10. The highest BCUT2D eigenvalue weighted by molar-refractivity contribution is 6.33. The van der Waals surface area contributed by atoms with Crippen LogP contribution in [-0.4, -0.2) is 6.08 Å². The lowest BCUT2D eigenvalue weighted by atomic mass is 10.0. The summed E-state index contributed by atoms with van der Waals surface area (Å²) >= 11 is 5.88. The van der Waals surface area contributed by atoms with Crippen LogP contribution in [0.1, 0.15) is 25.3 Å². The van der Waals surface area contributed by atoms with Crippen molar-refractivity contribution in [3.05, 3.63) is 28.8 Å². The van der Waals surface area contributed by atoms with Crippen molar-refractivity contribution < 1.29 is 4.79 Å². The first-order chi connectivity index (χ1) is 6.16. The molecule has 0 saturated heterocycles. The van der Waals surface area contributed by atoms with E-state index in [2.05, 4.69) is 4.99 Å². The Bertz CT molecular complexity index is 354. The summed E-state index contributed by atoms with van der Waals surface area (Å²) in [5, 5.41) is 0.495. The average molecular weight is 196 g/mol. The van der Waals surface area contributed by atoms with Gasteiger partial charge in [-0.25, -0.2) is 4.79 Å². The second-order valence-corrected chi connectivity index (χ2v) is 3.44. The number of isocyanates is 1.